The maximum Gasteiger partial charge on any atom is 0.0880 e. The molecule has 2 nitrogen and oxygen atoms in total. The van der Waals surface area contributed by atoms with E-state index in [9.17, 15) is 0 Å². The van der Waals surface area contributed by atoms with Crippen molar-refractivity contribution in [3.63, 3.8) is 0 Å². The van der Waals surface area contributed by atoms with Crippen LogP contribution < -0.4 is 0 Å². The lowest BCUT2D eigenvalue weighted by atomic mass is 9.93. The van der Waals surface area contributed by atoms with Crippen LogP contribution in [-0.4, -0.2) is 19.3 Å². The summed E-state index contributed by atoms with van der Waals surface area (Å²) < 4.78 is 10.8. The molecule has 0 amide bonds. The highest BCUT2D eigenvalue weighted by atomic mass is 16.6. The van der Waals surface area contributed by atoms with E-state index in [2.05, 4.69) is 24.3 Å². The largest absolute Gasteiger partial charge is 0.502 e. The highest BCUT2D eigenvalue weighted by molar-refractivity contribution is 5.22. The Hall–Kier alpha value is -1.28. The molecule has 0 saturated carbocycles. The lowest BCUT2D eigenvalue weighted by Crippen LogP contribution is -2.09. The Morgan fingerprint density at radius 1 is 1.44 bits per heavy atom. The standard InChI is InChI=1S/C14H18O2/c1-2-9-15-10-8-13(14-11-16-14)12-6-4-3-5-7-12/h2-7,9,13-14H,8,10-11H2,1H3. The normalized spacial score (nSPS) is 20.9. The van der Waals surface area contributed by atoms with Crippen molar-refractivity contribution in [3.05, 3.63) is 48.2 Å². The third-order valence-corrected chi connectivity index (χ3v) is 2.81. The van der Waals surface area contributed by atoms with Gasteiger partial charge in [0.15, 0.2) is 0 Å². The van der Waals surface area contributed by atoms with Crippen molar-refractivity contribution >= 4 is 0 Å². The van der Waals surface area contributed by atoms with Crippen molar-refractivity contribution in [1.29, 1.82) is 0 Å². The molecule has 1 saturated heterocycles. The van der Waals surface area contributed by atoms with E-state index in [0.29, 0.717) is 12.0 Å². The average molecular weight is 218 g/mol. The first-order valence-electron chi connectivity index (χ1n) is 5.81. The van der Waals surface area contributed by atoms with Crippen LogP contribution in [0.25, 0.3) is 0 Å². The predicted molar refractivity (Wildman–Crippen MR) is 64.3 cm³/mol. The van der Waals surface area contributed by atoms with Crippen molar-refractivity contribution in [3.8, 4) is 0 Å². The van der Waals surface area contributed by atoms with Gasteiger partial charge < -0.3 is 9.47 Å². The molecule has 0 radical (unpaired) electrons. The summed E-state index contributed by atoms with van der Waals surface area (Å²) in [5.74, 6) is 0.478. The lowest BCUT2D eigenvalue weighted by molar-refractivity contribution is 0.225. The van der Waals surface area contributed by atoms with Gasteiger partial charge in [-0.3, -0.25) is 0 Å². The number of epoxide rings is 1. The van der Waals surface area contributed by atoms with Gasteiger partial charge in [0.2, 0.25) is 0 Å². The highest BCUT2D eigenvalue weighted by Gasteiger charge is 2.33. The zero-order valence-corrected chi connectivity index (χ0v) is 9.63. The quantitative estimate of drug-likeness (QED) is 0.416. The Bertz CT molecular complexity index is 328. The van der Waals surface area contributed by atoms with Gasteiger partial charge in [-0.05, 0) is 18.9 Å². The minimum absolute atomic E-state index is 0.400. The molecule has 86 valence electrons. The number of hydrogen-bond donors (Lipinski definition) is 0. The SMILES string of the molecule is CC=COCCC(c1ccccc1)C1CO1. The fourth-order valence-corrected chi connectivity index (χ4v) is 1.91. The van der Waals surface area contributed by atoms with Crippen LogP contribution in [0.4, 0.5) is 0 Å². The van der Waals surface area contributed by atoms with Crippen molar-refractivity contribution in [2.24, 2.45) is 0 Å². The maximum absolute atomic E-state index is 5.41. The smallest absolute Gasteiger partial charge is 0.0880 e. The Labute approximate surface area is 96.9 Å². The summed E-state index contributed by atoms with van der Waals surface area (Å²) in [6.07, 6.45) is 5.07. The van der Waals surface area contributed by atoms with Crippen LogP contribution in [0.15, 0.2) is 42.7 Å². The third-order valence-electron chi connectivity index (χ3n) is 2.81. The van der Waals surface area contributed by atoms with E-state index in [1.54, 1.807) is 6.26 Å². The molecular weight excluding hydrogens is 200 g/mol. The highest BCUT2D eigenvalue weighted by Crippen LogP contribution is 2.32. The van der Waals surface area contributed by atoms with Gasteiger partial charge >= 0.3 is 0 Å². The summed E-state index contributed by atoms with van der Waals surface area (Å²) in [5, 5.41) is 0. The first-order valence-corrected chi connectivity index (χ1v) is 5.81. The zero-order valence-electron chi connectivity index (χ0n) is 9.63. The van der Waals surface area contributed by atoms with Crippen LogP contribution in [-0.2, 0) is 9.47 Å². The number of allylic oxidation sites excluding steroid dienone is 1. The molecule has 0 aliphatic carbocycles. The molecule has 0 spiro atoms. The van der Waals surface area contributed by atoms with Gasteiger partial charge in [-0.25, -0.2) is 0 Å². The van der Waals surface area contributed by atoms with Crippen LogP contribution in [0, 0.1) is 0 Å². The summed E-state index contributed by atoms with van der Waals surface area (Å²) in [5.41, 5.74) is 1.36. The molecule has 0 N–H and O–H groups in total. The zero-order chi connectivity index (χ0) is 11.2. The summed E-state index contributed by atoms with van der Waals surface area (Å²) in [4.78, 5) is 0. The molecule has 1 aromatic rings. The van der Waals surface area contributed by atoms with Crippen molar-refractivity contribution in [2.75, 3.05) is 13.2 Å². The number of rotatable bonds is 6. The lowest BCUT2D eigenvalue weighted by Gasteiger charge is -2.14. The summed E-state index contributed by atoms with van der Waals surface area (Å²) >= 11 is 0. The Kier molecular flexibility index (Phi) is 4.00. The Morgan fingerprint density at radius 2 is 2.19 bits per heavy atom. The number of hydrogen-bond acceptors (Lipinski definition) is 2. The second-order valence-corrected chi connectivity index (χ2v) is 4.02. The fourth-order valence-electron chi connectivity index (χ4n) is 1.91. The Morgan fingerprint density at radius 3 is 2.81 bits per heavy atom. The van der Waals surface area contributed by atoms with Crippen molar-refractivity contribution in [2.45, 2.75) is 25.4 Å². The van der Waals surface area contributed by atoms with E-state index in [1.165, 1.54) is 5.56 Å². The first-order chi connectivity index (χ1) is 7.92. The summed E-state index contributed by atoms with van der Waals surface area (Å²) in [6, 6.07) is 10.5. The van der Waals surface area contributed by atoms with Gasteiger partial charge in [-0.15, -0.1) is 0 Å². The van der Waals surface area contributed by atoms with Gasteiger partial charge in [0.05, 0.1) is 25.6 Å². The van der Waals surface area contributed by atoms with Gasteiger partial charge in [0, 0.05) is 5.92 Å². The van der Waals surface area contributed by atoms with Gasteiger partial charge in [-0.1, -0.05) is 36.4 Å². The molecule has 2 atom stereocenters. The molecule has 0 bridgehead atoms. The van der Waals surface area contributed by atoms with Crippen LogP contribution in [0.2, 0.25) is 0 Å². The topological polar surface area (TPSA) is 21.8 Å². The van der Waals surface area contributed by atoms with Gasteiger partial charge in [0.1, 0.15) is 0 Å². The average Bonchev–Trinajstić information content (AvgIpc) is 3.15. The third kappa shape index (κ3) is 3.11. The summed E-state index contributed by atoms with van der Waals surface area (Å²) in [7, 11) is 0. The molecular formula is C14H18O2. The minimum Gasteiger partial charge on any atom is -0.502 e. The molecule has 1 aliphatic heterocycles. The second kappa shape index (κ2) is 5.71. The Balaban J connectivity index is 1.90. The van der Waals surface area contributed by atoms with Crippen LogP contribution >= 0.6 is 0 Å². The first kappa shape index (κ1) is 11.2. The molecule has 1 heterocycles. The molecule has 0 aromatic heterocycles. The van der Waals surface area contributed by atoms with E-state index in [-0.39, 0.29) is 0 Å². The van der Waals surface area contributed by atoms with E-state index < -0.39 is 0 Å². The number of benzene rings is 1. The predicted octanol–water partition coefficient (Wildman–Crippen LogP) is 3.11. The number of ether oxygens (including phenoxy) is 2. The van der Waals surface area contributed by atoms with Gasteiger partial charge in [0.25, 0.3) is 0 Å². The minimum atomic E-state index is 0.400. The second-order valence-electron chi connectivity index (χ2n) is 4.02. The van der Waals surface area contributed by atoms with E-state index in [0.717, 1.165) is 19.6 Å². The van der Waals surface area contributed by atoms with Gasteiger partial charge in [-0.2, -0.15) is 0 Å². The molecule has 1 fully saturated rings. The molecule has 1 aliphatic rings. The molecule has 2 unspecified atom stereocenters. The molecule has 1 aromatic carbocycles. The molecule has 2 rings (SSSR count). The van der Waals surface area contributed by atoms with Crippen LogP contribution in [0.3, 0.4) is 0 Å². The fraction of sp³-hybridized carbons (Fsp3) is 0.429. The van der Waals surface area contributed by atoms with E-state index in [4.69, 9.17) is 9.47 Å². The van der Waals surface area contributed by atoms with Crippen molar-refractivity contribution < 1.29 is 9.47 Å². The summed E-state index contributed by atoms with van der Waals surface area (Å²) in [6.45, 7) is 3.60. The van der Waals surface area contributed by atoms with E-state index >= 15 is 0 Å². The van der Waals surface area contributed by atoms with Crippen molar-refractivity contribution in [1.82, 2.24) is 0 Å². The monoisotopic (exact) mass is 218 g/mol. The maximum atomic E-state index is 5.41. The van der Waals surface area contributed by atoms with Crippen LogP contribution in [0.1, 0.15) is 24.8 Å². The van der Waals surface area contributed by atoms with Crippen LogP contribution in [0.5, 0.6) is 0 Å². The van der Waals surface area contributed by atoms with E-state index in [1.807, 2.05) is 19.1 Å². The molecule has 16 heavy (non-hydrogen) atoms. The molecule has 2 heteroatoms.